The molecule has 4 rings (SSSR count). The molecule has 1 aromatic heterocycles. The van der Waals surface area contributed by atoms with Crippen LogP contribution in [0.4, 0.5) is 0 Å². The van der Waals surface area contributed by atoms with E-state index >= 15 is 0 Å². The van der Waals surface area contributed by atoms with Crippen molar-refractivity contribution in [1.82, 2.24) is 9.88 Å². The summed E-state index contributed by atoms with van der Waals surface area (Å²) < 4.78 is 5.83. The zero-order valence-corrected chi connectivity index (χ0v) is 14.1. The highest BCUT2D eigenvalue weighted by atomic mass is 16.5. The van der Waals surface area contributed by atoms with Crippen LogP contribution in [0.3, 0.4) is 0 Å². The smallest absolute Gasteiger partial charge is 0.261 e. The summed E-state index contributed by atoms with van der Waals surface area (Å²) >= 11 is 0. The van der Waals surface area contributed by atoms with Crippen LogP contribution in [0.5, 0.6) is 0 Å². The Bertz CT molecular complexity index is 813. The van der Waals surface area contributed by atoms with Crippen molar-refractivity contribution in [3.8, 4) is 11.3 Å². The predicted molar refractivity (Wildman–Crippen MR) is 95.5 cm³/mol. The second kappa shape index (κ2) is 6.84. The van der Waals surface area contributed by atoms with Gasteiger partial charge in [0.15, 0.2) is 0 Å². The largest absolute Gasteiger partial charge is 0.374 e. The Morgan fingerprint density at radius 3 is 2.68 bits per heavy atom. The lowest BCUT2D eigenvalue weighted by Gasteiger charge is -2.43. The lowest BCUT2D eigenvalue weighted by atomic mass is 9.90. The van der Waals surface area contributed by atoms with Crippen LogP contribution in [-0.4, -0.2) is 41.1 Å². The first-order chi connectivity index (χ1) is 12.2. The van der Waals surface area contributed by atoms with E-state index in [4.69, 9.17) is 4.74 Å². The van der Waals surface area contributed by atoms with Crippen molar-refractivity contribution >= 4 is 5.91 Å². The standard InChI is InChI=1S/C20H22N2O3/c23-19-15(10-11-16(21-19)14-6-2-1-3-7-14)20(24)22-12-13-25-18-9-5-4-8-17(18)22/h1-3,6-7,10-11,17-18H,4-5,8-9,12-13H2,(H,21,23)/t17-,18+/m0/s1. The fraction of sp³-hybridized carbons (Fsp3) is 0.400. The number of nitrogens with one attached hydrogen (secondary N) is 1. The number of pyridine rings is 1. The number of ether oxygens (including phenoxy) is 1. The molecule has 130 valence electrons. The molecule has 2 heterocycles. The van der Waals surface area contributed by atoms with Crippen LogP contribution in [0.15, 0.2) is 47.3 Å². The van der Waals surface area contributed by atoms with Gasteiger partial charge in [-0.25, -0.2) is 0 Å². The average molecular weight is 338 g/mol. The Morgan fingerprint density at radius 1 is 1.08 bits per heavy atom. The molecule has 5 nitrogen and oxygen atoms in total. The Labute approximate surface area is 146 Å². The van der Waals surface area contributed by atoms with Gasteiger partial charge in [-0.15, -0.1) is 0 Å². The molecule has 1 N–H and O–H groups in total. The number of hydrogen-bond donors (Lipinski definition) is 1. The second-order valence-electron chi connectivity index (χ2n) is 6.74. The summed E-state index contributed by atoms with van der Waals surface area (Å²) in [6.45, 7) is 1.10. The highest BCUT2D eigenvalue weighted by Crippen LogP contribution is 2.29. The van der Waals surface area contributed by atoms with Gasteiger partial charge < -0.3 is 14.6 Å². The summed E-state index contributed by atoms with van der Waals surface area (Å²) in [6, 6.07) is 13.2. The quantitative estimate of drug-likeness (QED) is 0.916. The van der Waals surface area contributed by atoms with E-state index in [1.807, 2.05) is 41.3 Å². The van der Waals surface area contributed by atoms with E-state index in [9.17, 15) is 9.59 Å². The molecular weight excluding hydrogens is 316 g/mol. The summed E-state index contributed by atoms with van der Waals surface area (Å²) in [7, 11) is 0. The second-order valence-corrected chi connectivity index (χ2v) is 6.74. The molecule has 2 aromatic rings. The van der Waals surface area contributed by atoms with Gasteiger partial charge in [0.25, 0.3) is 11.5 Å². The molecule has 0 radical (unpaired) electrons. The molecule has 0 bridgehead atoms. The van der Waals surface area contributed by atoms with Gasteiger partial charge in [-0.3, -0.25) is 9.59 Å². The molecule has 0 unspecified atom stereocenters. The van der Waals surface area contributed by atoms with Gasteiger partial charge in [0, 0.05) is 12.2 Å². The molecule has 0 spiro atoms. The van der Waals surface area contributed by atoms with Gasteiger partial charge >= 0.3 is 0 Å². The first-order valence-corrected chi connectivity index (χ1v) is 8.95. The van der Waals surface area contributed by atoms with E-state index in [1.165, 1.54) is 0 Å². The van der Waals surface area contributed by atoms with Crippen LogP contribution in [0.25, 0.3) is 11.3 Å². The number of rotatable bonds is 2. The minimum atomic E-state index is -0.329. The third-order valence-corrected chi connectivity index (χ3v) is 5.22. The van der Waals surface area contributed by atoms with Gasteiger partial charge in [-0.2, -0.15) is 0 Å². The first-order valence-electron chi connectivity index (χ1n) is 8.95. The maximum atomic E-state index is 13.0. The molecule has 2 fully saturated rings. The topological polar surface area (TPSA) is 62.4 Å². The Hall–Kier alpha value is -2.40. The van der Waals surface area contributed by atoms with Gasteiger partial charge in [0.05, 0.1) is 18.8 Å². The summed E-state index contributed by atoms with van der Waals surface area (Å²) in [6.07, 6.45) is 4.33. The molecular formula is C20H22N2O3. The van der Waals surface area contributed by atoms with Gasteiger partial charge in [0.1, 0.15) is 5.56 Å². The van der Waals surface area contributed by atoms with Crippen molar-refractivity contribution in [2.45, 2.75) is 37.8 Å². The third-order valence-electron chi connectivity index (χ3n) is 5.22. The van der Waals surface area contributed by atoms with E-state index in [0.29, 0.717) is 13.2 Å². The van der Waals surface area contributed by atoms with Crippen LogP contribution in [0, 0.1) is 0 Å². The summed E-state index contributed by atoms with van der Waals surface area (Å²) in [4.78, 5) is 30.2. The van der Waals surface area contributed by atoms with Crippen LogP contribution < -0.4 is 5.56 Å². The third kappa shape index (κ3) is 3.12. The van der Waals surface area contributed by atoms with Crippen molar-refractivity contribution in [2.75, 3.05) is 13.2 Å². The molecule has 2 atom stereocenters. The van der Waals surface area contributed by atoms with E-state index in [2.05, 4.69) is 4.98 Å². The number of aromatic nitrogens is 1. The summed E-state index contributed by atoms with van der Waals surface area (Å²) in [5, 5.41) is 0. The van der Waals surface area contributed by atoms with Gasteiger partial charge in [0.2, 0.25) is 0 Å². The SMILES string of the molecule is O=C(c1ccc(-c2ccccc2)[nH]c1=O)N1CCO[C@@H]2CCCC[C@@H]21. The van der Waals surface area contributed by atoms with Crippen molar-refractivity contribution in [2.24, 2.45) is 0 Å². The Morgan fingerprint density at radius 2 is 1.88 bits per heavy atom. The van der Waals surface area contributed by atoms with Crippen LogP contribution in [0.2, 0.25) is 0 Å². The number of carbonyl (C=O) groups is 1. The lowest BCUT2D eigenvalue weighted by Crippen LogP contribution is -2.55. The van der Waals surface area contributed by atoms with Crippen molar-refractivity contribution < 1.29 is 9.53 Å². The number of fused-ring (bicyclic) bond motifs is 1. The van der Waals surface area contributed by atoms with E-state index < -0.39 is 0 Å². The average Bonchev–Trinajstić information content (AvgIpc) is 2.67. The molecule has 1 amide bonds. The normalized spacial score (nSPS) is 23.1. The summed E-state index contributed by atoms with van der Waals surface area (Å²) in [5.41, 5.74) is 1.54. The molecule has 1 aromatic carbocycles. The molecule has 1 saturated heterocycles. The highest BCUT2D eigenvalue weighted by Gasteiger charge is 2.37. The van der Waals surface area contributed by atoms with Crippen LogP contribution >= 0.6 is 0 Å². The fourth-order valence-electron chi connectivity index (χ4n) is 3.93. The van der Waals surface area contributed by atoms with E-state index in [1.54, 1.807) is 6.07 Å². The van der Waals surface area contributed by atoms with Gasteiger partial charge in [-0.1, -0.05) is 43.2 Å². The van der Waals surface area contributed by atoms with E-state index in [0.717, 1.165) is 36.9 Å². The minimum absolute atomic E-state index is 0.100. The number of carbonyl (C=O) groups excluding carboxylic acids is 1. The number of benzene rings is 1. The molecule has 1 aliphatic carbocycles. The number of H-pyrrole nitrogens is 1. The number of amides is 1. The predicted octanol–water partition coefficient (Wildman–Crippen LogP) is 2.83. The molecule has 2 aliphatic rings. The maximum absolute atomic E-state index is 13.0. The number of hydrogen-bond acceptors (Lipinski definition) is 3. The number of nitrogens with zero attached hydrogens (tertiary/aromatic N) is 1. The van der Waals surface area contributed by atoms with Crippen molar-refractivity contribution in [3.63, 3.8) is 0 Å². The minimum Gasteiger partial charge on any atom is -0.374 e. The highest BCUT2D eigenvalue weighted by molar-refractivity contribution is 5.94. The van der Waals surface area contributed by atoms with Crippen LogP contribution in [0.1, 0.15) is 36.0 Å². The Balaban J connectivity index is 1.61. The van der Waals surface area contributed by atoms with E-state index in [-0.39, 0.29) is 29.2 Å². The van der Waals surface area contributed by atoms with Crippen molar-refractivity contribution in [1.29, 1.82) is 0 Å². The molecule has 1 aliphatic heterocycles. The molecule has 25 heavy (non-hydrogen) atoms. The zero-order chi connectivity index (χ0) is 17.2. The fourth-order valence-corrected chi connectivity index (χ4v) is 3.93. The number of aromatic amines is 1. The monoisotopic (exact) mass is 338 g/mol. The van der Waals surface area contributed by atoms with Gasteiger partial charge in [-0.05, 0) is 30.5 Å². The van der Waals surface area contributed by atoms with Crippen molar-refractivity contribution in [3.05, 3.63) is 58.4 Å². The zero-order valence-electron chi connectivity index (χ0n) is 14.1. The lowest BCUT2D eigenvalue weighted by molar-refractivity contribution is -0.0753. The molecule has 1 saturated carbocycles. The van der Waals surface area contributed by atoms with Crippen LogP contribution in [-0.2, 0) is 4.74 Å². The maximum Gasteiger partial charge on any atom is 0.261 e. The number of morpholine rings is 1. The Kier molecular flexibility index (Phi) is 4.40. The molecule has 5 heteroatoms. The first kappa shape index (κ1) is 16.1. The summed E-state index contributed by atoms with van der Waals surface area (Å²) in [5.74, 6) is -0.180.